The maximum Gasteiger partial charge on any atom is 0.230 e. The Labute approximate surface area is 163 Å². The van der Waals surface area contributed by atoms with Gasteiger partial charge in [-0.15, -0.1) is 0 Å². The van der Waals surface area contributed by atoms with Crippen LogP contribution >= 0.6 is 0 Å². The van der Waals surface area contributed by atoms with Gasteiger partial charge in [0, 0.05) is 12.2 Å². The summed E-state index contributed by atoms with van der Waals surface area (Å²) in [6, 6.07) is 7.36. The molecule has 2 aliphatic carbocycles. The predicted octanol–water partition coefficient (Wildman–Crippen LogP) is 3.96. The van der Waals surface area contributed by atoms with Gasteiger partial charge in [0.1, 0.15) is 0 Å². The largest absolute Gasteiger partial charge is 0.355 e. The van der Waals surface area contributed by atoms with Crippen molar-refractivity contribution < 1.29 is 13.2 Å². The van der Waals surface area contributed by atoms with E-state index in [0.29, 0.717) is 11.6 Å². The van der Waals surface area contributed by atoms with E-state index in [-0.39, 0.29) is 5.91 Å². The summed E-state index contributed by atoms with van der Waals surface area (Å²) in [4.78, 5) is 13.3. The number of amides is 1. The fourth-order valence-electron chi connectivity index (χ4n) is 4.67. The molecule has 0 unspecified atom stereocenters. The van der Waals surface area contributed by atoms with Crippen LogP contribution in [0.5, 0.6) is 0 Å². The minimum Gasteiger partial charge on any atom is -0.355 e. The smallest absolute Gasteiger partial charge is 0.230 e. The highest BCUT2D eigenvalue weighted by atomic mass is 32.2. The van der Waals surface area contributed by atoms with Crippen LogP contribution < -0.4 is 10.0 Å². The molecular weight excluding hydrogens is 360 g/mol. The molecule has 0 aliphatic heterocycles. The molecule has 2 saturated carbocycles. The number of hydrogen-bond donors (Lipinski definition) is 2. The van der Waals surface area contributed by atoms with E-state index in [1.165, 1.54) is 38.5 Å². The average molecular weight is 393 g/mol. The molecule has 1 aromatic carbocycles. The number of hydrogen-bond acceptors (Lipinski definition) is 3. The number of carbonyl (C=O) groups excluding carboxylic acids is 1. The summed E-state index contributed by atoms with van der Waals surface area (Å²) in [6.45, 7) is 0.786. The van der Waals surface area contributed by atoms with Crippen LogP contribution in [0.1, 0.15) is 69.8 Å². The predicted molar refractivity (Wildman–Crippen MR) is 109 cm³/mol. The lowest BCUT2D eigenvalue weighted by molar-refractivity contribution is -0.128. The number of carbonyl (C=O) groups is 1. The van der Waals surface area contributed by atoms with E-state index >= 15 is 0 Å². The van der Waals surface area contributed by atoms with E-state index in [2.05, 4.69) is 10.0 Å². The Morgan fingerprint density at radius 2 is 1.59 bits per heavy atom. The van der Waals surface area contributed by atoms with Gasteiger partial charge in [-0.25, -0.2) is 8.42 Å². The number of anilines is 1. The van der Waals surface area contributed by atoms with Gasteiger partial charge in [-0.05, 0) is 49.3 Å². The van der Waals surface area contributed by atoms with Crippen molar-refractivity contribution in [1.29, 1.82) is 0 Å². The third-order valence-electron chi connectivity index (χ3n) is 6.16. The second kappa shape index (κ2) is 8.63. The SMILES string of the molecule is CS(=O)(=O)Nc1ccc(C2(C(=O)NCC3CCCCC3)CCCCC2)cc1. The van der Waals surface area contributed by atoms with E-state index in [1.807, 2.05) is 12.1 Å². The molecule has 0 atom stereocenters. The molecular formula is C21H32N2O3S. The van der Waals surface area contributed by atoms with Crippen molar-refractivity contribution >= 4 is 21.6 Å². The van der Waals surface area contributed by atoms with Gasteiger partial charge in [-0.3, -0.25) is 9.52 Å². The maximum atomic E-state index is 13.3. The van der Waals surface area contributed by atoms with Crippen LogP contribution in [0, 0.1) is 5.92 Å². The summed E-state index contributed by atoms with van der Waals surface area (Å²) >= 11 is 0. The molecule has 1 amide bonds. The first-order chi connectivity index (χ1) is 12.9. The van der Waals surface area contributed by atoms with E-state index in [9.17, 15) is 13.2 Å². The lowest BCUT2D eigenvalue weighted by atomic mass is 9.68. The molecule has 1 aromatic rings. The van der Waals surface area contributed by atoms with Crippen LogP contribution in [0.2, 0.25) is 0 Å². The number of nitrogens with one attached hydrogen (secondary N) is 2. The second-order valence-corrected chi connectivity index (χ2v) is 10.1. The average Bonchev–Trinajstić information content (AvgIpc) is 2.67. The first kappa shape index (κ1) is 20.2. The summed E-state index contributed by atoms with van der Waals surface area (Å²) in [5.41, 5.74) is 1.06. The molecule has 0 heterocycles. The van der Waals surface area contributed by atoms with Gasteiger partial charge >= 0.3 is 0 Å². The van der Waals surface area contributed by atoms with Crippen LogP contribution in [0.4, 0.5) is 5.69 Å². The van der Waals surface area contributed by atoms with Crippen molar-refractivity contribution in [2.24, 2.45) is 5.92 Å². The number of sulfonamides is 1. The second-order valence-electron chi connectivity index (χ2n) is 8.31. The summed E-state index contributed by atoms with van der Waals surface area (Å²) in [5.74, 6) is 0.765. The van der Waals surface area contributed by atoms with Gasteiger partial charge in [0.2, 0.25) is 15.9 Å². The van der Waals surface area contributed by atoms with E-state index in [4.69, 9.17) is 0 Å². The molecule has 2 aliphatic rings. The zero-order valence-corrected chi connectivity index (χ0v) is 17.1. The Morgan fingerprint density at radius 3 is 2.19 bits per heavy atom. The highest BCUT2D eigenvalue weighted by Gasteiger charge is 2.41. The lowest BCUT2D eigenvalue weighted by Crippen LogP contribution is -2.47. The number of rotatable bonds is 6. The highest BCUT2D eigenvalue weighted by molar-refractivity contribution is 7.92. The Kier molecular flexibility index (Phi) is 6.45. The Bertz CT molecular complexity index is 731. The molecule has 0 radical (unpaired) electrons. The molecule has 0 saturated heterocycles. The third-order valence-corrected chi connectivity index (χ3v) is 6.77. The van der Waals surface area contributed by atoms with Crippen LogP contribution in [-0.4, -0.2) is 27.1 Å². The molecule has 0 bridgehead atoms. The van der Waals surface area contributed by atoms with Crippen LogP contribution in [0.15, 0.2) is 24.3 Å². The van der Waals surface area contributed by atoms with E-state index in [1.54, 1.807) is 12.1 Å². The van der Waals surface area contributed by atoms with Gasteiger partial charge in [-0.2, -0.15) is 0 Å². The molecule has 0 spiro atoms. The first-order valence-corrected chi connectivity index (χ1v) is 12.1. The molecule has 3 rings (SSSR count). The minimum absolute atomic E-state index is 0.150. The third kappa shape index (κ3) is 5.24. The number of benzene rings is 1. The normalized spacial score (nSPS) is 20.8. The Morgan fingerprint density at radius 1 is 1.00 bits per heavy atom. The van der Waals surface area contributed by atoms with Gasteiger partial charge in [0.15, 0.2) is 0 Å². The molecule has 2 N–H and O–H groups in total. The molecule has 27 heavy (non-hydrogen) atoms. The zero-order chi connectivity index (χ0) is 19.3. The zero-order valence-electron chi connectivity index (χ0n) is 16.3. The molecule has 5 nitrogen and oxygen atoms in total. The summed E-state index contributed by atoms with van der Waals surface area (Å²) in [6.07, 6.45) is 12.5. The van der Waals surface area contributed by atoms with E-state index < -0.39 is 15.4 Å². The van der Waals surface area contributed by atoms with Crippen LogP contribution in [0.3, 0.4) is 0 Å². The molecule has 6 heteroatoms. The minimum atomic E-state index is -3.30. The van der Waals surface area contributed by atoms with E-state index in [0.717, 1.165) is 44.0 Å². The van der Waals surface area contributed by atoms with Crippen LogP contribution in [0.25, 0.3) is 0 Å². The molecule has 150 valence electrons. The topological polar surface area (TPSA) is 75.3 Å². The van der Waals surface area contributed by atoms with Crippen molar-refractivity contribution in [3.63, 3.8) is 0 Å². The van der Waals surface area contributed by atoms with Gasteiger partial charge in [0.05, 0.1) is 11.7 Å². The monoisotopic (exact) mass is 392 g/mol. The summed E-state index contributed by atoms with van der Waals surface area (Å²) in [7, 11) is -3.30. The highest BCUT2D eigenvalue weighted by Crippen LogP contribution is 2.40. The first-order valence-electron chi connectivity index (χ1n) is 10.3. The molecule has 0 aromatic heterocycles. The van der Waals surface area contributed by atoms with Gasteiger partial charge < -0.3 is 5.32 Å². The van der Waals surface area contributed by atoms with Crippen LogP contribution in [-0.2, 0) is 20.2 Å². The van der Waals surface area contributed by atoms with Crippen molar-refractivity contribution in [1.82, 2.24) is 5.32 Å². The Balaban J connectivity index is 1.74. The van der Waals surface area contributed by atoms with Crippen molar-refractivity contribution in [3.05, 3.63) is 29.8 Å². The quantitative estimate of drug-likeness (QED) is 0.769. The van der Waals surface area contributed by atoms with Gasteiger partial charge in [-0.1, -0.05) is 50.7 Å². The maximum absolute atomic E-state index is 13.3. The standard InChI is InChI=1S/C21H32N2O3S/c1-27(25,26)23-19-12-10-18(11-13-19)21(14-6-3-7-15-21)20(24)22-16-17-8-4-2-5-9-17/h10-13,17,23H,2-9,14-16H2,1H3,(H,22,24). The van der Waals surface area contributed by atoms with Gasteiger partial charge in [0.25, 0.3) is 0 Å². The lowest BCUT2D eigenvalue weighted by Gasteiger charge is -2.37. The summed E-state index contributed by atoms with van der Waals surface area (Å²) < 4.78 is 25.3. The van der Waals surface area contributed by atoms with Crippen molar-refractivity contribution in [3.8, 4) is 0 Å². The van der Waals surface area contributed by atoms with Crippen molar-refractivity contribution in [2.45, 2.75) is 69.6 Å². The summed E-state index contributed by atoms with van der Waals surface area (Å²) in [5, 5.41) is 3.26. The molecule has 2 fully saturated rings. The fraction of sp³-hybridized carbons (Fsp3) is 0.667. The fourth-order valence-corrected chi connectivity index (χ4v) is 5.24. The Hall–Kier alpha value is -1.56. The van der Waals surface area contributed by atoms with Crippen molar-refractivity contribution in [2.75, 3.05) is 17.5 Å².